The van der Waals surface area contributed by atoms with E-state index in [1.165, 1.54) is 18.2 Å². The maximum absolute atomic E-state index is 13.9. The smallest absolute Gasteiger partial charge is 0.328 e. The van der Waals surface area contributed by atoms with Gasteiger partial charge >= 0.3 is 5.97 Å². The largest absolute Gasteiger partial charge is 0.478 e. The first-order valence-electron chi connectivity index (χ1n) is 6.44. The Balaban J connectivity index is 2.75. The maximum atomic E-state index is 13.9. The van der Waals surface area contributed by atoms with Crippen LogP contribution in [-0.4, -0.2) is 36.7 Å². The molecule has 1 amide bonds. The van der Waals surface area contributed by atoms with Crippen molar-refractivity contribution in [2.24, 2.45) is 0 Å². The molecular weight excluding hydrogens is 277 g/mol. The number of methoxy groups -OCH3 is 1. The zero-order valence-corrected chi connectivity index (χ0v) is 11.9. The third-order valence-electron chi connectivity index (χ3n) is 2.79. The van der Waals surface area contributed by atoms with Crippen LogP contribution in [0, 0.1) is 5.82 Å². The average Bonchev–Trinajstić information content (AvgIpc) is 2.42. The number of benzene rings is 1. The molecule has 0 radical (unpaired) electrons. The molecule has 1 unspecified atom stereocenters. The standard InChI is InChI=1S/C15H18FNO4/c1-10(7-8-21-2)17-15(20)12-5-3-11(9-13(12)16)4-6-14(18)19/h3-6,9-10H,7-8H2,1-2H3,(H,17,20)(H,18,19). The number of halogens is 1. The Morgan fingerprint density at radius 2 is 2.19 bits per heavy atom. The van der Waals surface area contributed by atoms with E-state index in [-0.39, 0.29) is 11.6 Å². The van der Waals surface area contributed by atoms with E-state index in [2.05, 4.69) is 5.32 Å². The van der Waals surface area contributed by atoms with Crippen LogP contribution in [0.2, 0.25) is 0 Å². The summed E-state index contributed by atoms with van der Waals surface area (Å²) >= 11 is 0. The fourth-order valence-electron chi connectivity index (χ4n) is 1.66. The zero-order valence-electron chi connectivity index (χ0n) is 11.9. The molecule has 0 heterocycles. The van der Waals surface area contributed by atoms with Crippen molar-refractivity contribution >= 4 is 18.0 Å². The highest BCUT2D eigenvalue weighted by atomic mass is 19.1. The third kappa shape index (κ3) is 5.74. The van der Waals surface area contributed by atoms with E-state index >= 15 is 0 Å². The summed E-state index contributed by atoms with van der Waals surface area (Å²) in [5.74, 6) is -2.33. The van der Waals surface area contributed by atoms with Crippen molar-refractivity contribution in [2.75, 3.05) is 13.7 Å². The molecule has 0 bridgehead atoms. The van der Waals surface area contributed by atoms with Gasteiger partial charge in [0.05, 0.1) is 5.56 Å². The summed E-state index contributed by atoms with van der Waals surface area (Å²) in [7, 11) is 1.57. The van der Waals surface area contributed by atoms with Gasteiger partial charge in [-0.25, -0.2) is 9.18 Å². The molecule has 0 spiro atoms. The van der Waals surface area contributed by atoms with Crippen LogP contribution in [0.25, 0.3) is 6.08 Å². The van der Waals surface area contributed by atoms with Gasteiger partial charge in [0.2, 0.25) is 0 Å². The molecule has 0 saturated carbocycles. The second kappa shape index (κ2) is 8.16. The van der Waals surface area contributed by atoms with Gasteiger partial charge in [0.15, 0.2) is 0 Å². The van der Waals surface area contributed by atoms with Crippen LogP contribution in [-0.2, 0) is 9.53 Å². The van der Waals surface area contributed by atoms with E-state index < -0.39 is 17.7 Å². The predicted molar refractivity (Wildman–Crippen MR) is 76.5 cm³/mol. The summed E-state index contributed by atoms with van der Waals surface area (Å²) < 4.78 is 18.8. The molecule has 1 aromatic carbocycles. The minimum absolute atomic E-state index is 0.0771. The molecule has 21 heavy (non-hydrogen) atoms. The number of carboxylic acids is 1. The highest BCUT2D eigenvalue weighted by Gasteiger charge is 2.14. The molecule has 0 aliphatic heterocycles. The first-order chi connectivity index (χ1) is 9.93. The molecule has 0 aliphatic carbocycles. The second-order valence-electron chi connectivity index (χ2n) is 4.57. The van der Waals surface area contributed by atoms with E-state index in [1.54, 1.807) is 14.0 Å². The van der Waals surface area contributed by atoms with E-state index in [9.17, 15) is 14.0 Å². The second-order valence-corrected chi connectivity index (χ2v) is 4.57. The van der Waals surface area contributed by atoms with Gasteiger partial charge < -0.3 is 15.2 Å². The number of rotatable bonds is 7. The molecule has 1 atom stereocenters. The number of nitrogens with one attached hydrogen (secondary N) is 1. The summed E-state index contributed by atoms with van der Waals surface area (Å²) in [6.07, 6.45) is 2.79. The number of carbonyl (C=O) groups is 2. The van der Waals surface area contributed by atoms with E-state index in [0.29, 0.717) is 18.6 Å². The molecule has 1 aromatic rings. The van der Waals surface area contributed by atoms with Gasteiger partial charge in [0.25, 0.3) is 5.91 Å². The Kier molecular flexibility index (Phi) is 6.55. The van der Waals surface area contributed by atoms with Crippen molar-refractivity contribution in [3.8, 4) is 0 Å². The van der Waals surface area contributed by atoms with Crippen molar-refractivity contribution in [2.45, 2.75) is 19.4 Å². The minimum Gasteiger partial charge on any atom is -0.478 e. The fraction of sp³-hybridized carbons (Fsp3) is 0.333. The van der Waals surface area contributed by atoms with Gasteiger partial charge in [0, 0.05) is 25.8 Å². The predicted octanol–water partition coefficient (Wildman–Crippen LogP) is 2.08. The Morgan fingerprint density at radius 3 is 2.76 bits per heavy atom. The minimum atomic E-state index is -1.12. The Bertz CT molecular complexity index is 542. The molecule has 1 rings (SSSR count). The normalized spacial score (nSPS) is 12.3. The average molecular weight is 295 g/mol. The zero-order chi connectivity index (χ0) is 15.8. The van der Waals surface area contributed by atoms with Crippen molar-refractivity contribution in [1.82, 2.24) is 5.32 Å². The molecular formula is C15H18FNO4. The number of aliphatic carboxylic acids is 1. The molecule has 2 N–H and O–H groups in total. The number of amides is 1. The van der Waals surface area contributed by atoms with Crippen molar-refractivity contribution < 1.29 is 23.8 Å². The van der Waals surface area contributed by atoms with Crippen LogP contribution in [0.15, 0.2) is 24.3 Å². The summed E-state index contributed by atoms with van der Waals surface area (Å²) in [5.41, 5.74) is 0.297. The topological polar surface area (TPSA) is 75.6 Å². The van der Waals surface area contributed by atoms with Gasteiger partial charge in [0.1, 0.15) is 5.82 Å². The summed E-state index contributed by atoms with van der Waals surface area (Å²) in [4.78, 5) is 22.3. The number of hydrogen-bond acceptors (Lipinski definition) is 3. The van der Waals surface area contributed by atoms with Crippen LogP contribution in [0.5, 0.6) is 0 Å². The summed E-state index contributed by atoms with van der Waals surface area (Å²) in [5, 5.41) is 11.2. The molecule has 0 saturated heterocycles. The van der Waals surface area contributed by atoms with Gasteiger partial charge in [-0.1, -0.05) is 6.07 Å². The molecule has 0 fully saturated rings. The lowest BCUT2D eigenvalue weighted by Gasteiger charge is -2.13. The first kappa shape index (κ1) is 16.8. The Morgan fingerprint density at radius 1 is 1.48 bits per heavy atom. The lowest BCUT2D eigenvalue weighted by atomic mass is 10.1. The number of hydrogen-bond donors (Lipinski definition) is 2. The van der Waals surface area contributed by atoms with Gasteiger partial charge in [-0.2, -0.15) is 0 Å². The molecule has 114 valence electrons. The van der Waals surface area contributed by atoms with Crippen LogP contribution in [0.3, 0.4) is 0 Å². The molecule has 0 aromatic heterocycles. The van der Waals surface area contributed by atoms with Crippen LogP contribution in [0.4, 0.5) is 4.39 Å². The maximum Gasteiger partial charge on any atom is 0.328 e. The highest BCUT2D eigenvalue weighted by molar-refractivity contribution is 5.95. The van der Waals surface area contributed by atoms with Crippen molar-refractivity contribution in [3.63, 3.8) is 0 Å². The number of carboxylic acid groups (broad SMARTS) is 1. The highest BCUT2D eigenvalue weighted by Crippen LogP contribution is 2.12. The number of carbonyl (C=O) groups excluding carboxylic acids is 1. The van der Waals surface area contributed by atoms with E-state index in [4.69, 9.17) is 9.84 Å². The molecule has 0 aliphatic rings. The SMILES string of the molecule is COCCC(C)NC(=O)c1ccc(C=CC(=O)O)cc1F. The number of ether oxygens (including phenoxy) is 1. The Labute approximate surface area is 122 Å². The first-order valence-corrected chi connectivity index (χ1v) is 6.44. The summed E-state index contributed by atoms with van der Waals surface area (Å²) in [6, 6.07) is 3.80. The summed E-state index contributed by atoms with van der Waals surface area (Å²) in [6.45, 7) is 2.31. The Hall–Kier alpha value is -2.21. The van der Waals surface area contributed by atoms with Gasteiger partial charge in [-0.15, -0.1) is 0 Å². The third-order valence-corrected chi connectivity index (χ3v) is 2.79. The van der Waals surface area contributed by atoms with Gasteiger partial charge in [-0.3, -0.25) is 4.79 Å². The van der Waals surface area contributed by atoms with Crippen LogP contribution < -0.4 is 5.32 Å². The molecule has 6 heteroatoms. The van der Waals surface area contributed by atoms with Crippen LogP contribution in [0.1, 0.15) is 29.3 Å². The van der Waals surface area contributed by atoms with E-state index in [1.807, 2.05) is 0 Å². The monoisotopic (exact) mass is 295 g/mol. The van der Waals surface area contributed by atoms with Crippen LogP contribution >= 0.6 is 0 Å². The quantitative estimate of drug-likeness (QED) is 0.755. The van der Waals surface area contributed by atoms with Crippen molar-refractivity contribution in [3.05, 3.63) is 41.2 Å². The lowest BCUT2D eigenvalue weighted by molar-refractivity contribution is -0.131. The molecule has 5 nitrogen and oxygen atoms in total. The van der Waals surface area contributed by atoms with Crippen molar-refractivity contribution in [1.29, 1.82) is 0 Å². The lowest BCUT2D eigenvalue weighted by Crippen LogP contribution is -2.33. The fourth-order valence-corrected chi connectivity index (χ4v) is 1.66. The van der Waals surface area contributed by atoms with Gasteiger partial charge in [-0.05, 0) is 37.1 Å². The van der Waals surface area contributed by atoms with E-state index in [0.717, 1.165) is 12.1 Å².